The maximum absolute atomic E-state index is 12.2. The van der Waals surface area contributed by atoms with Crippen LogP contribution in [-0.4, -0.2) is 19.5 Å². The minimum Gasteiger partial charge on any atom is -0.384 e. The van der Waals surface area contributed by atoms with Gasteiger partial charge in [0.2, 0.25) is 5.28 Å². The number of anilines is 1. The van der Waals surface area contributed by atoms with Crippen LogP contribution in [0.5, 0.6) is 0 Å². The molecule has 2 aromatic heterocycles. The number of rotatable bonds is 1. The summed E-state index contributed by atoms with van der Waals surface area (Å²) in [6, 6.07) is 4.85. The Morgan fingerprint density at radius 2 is 1.76 bits per heavy atom. The lowest BCUT2D eigenvalue weighted by Crippen LogP contribution is -2.25. The minimum atomic E-state index is -0.662. The predicted molar refractivity (Wildman–Crippen MR) is 82.4 cm³/mol. The maximum atomic E-state index is 12.2. The van der Waals surface area contributed by atoms with Crippen LogP contribution in [-0.2, 0) is 0 Å². The average molecular weight is 343 g/mol. The molecule has 0 radical (unpaired) electrons. The van der Waals surface area contributed by atoms with Crippen molar-refractivity contribution in [3.05, 3.63) is 50.2 Å². The van der Waals surface area contributed by atoms with Crippen molar-refractivity contribution >= 4 is 51.7 Å². The minimum absolute atomic E-state index is 0.0256. The van der Waals surface area contributed by atoms with E-state index in [0.717, 1.165) is 4.57 Å². The Labute approximate surface area is 133 Å². The van der Waals surface area contributed by atoms with Gasteiger partial charge in [-0.1, -0.05) is 29.3 Å². The first kappa shape index (κ1) is 14.1. The smallest absolute Gasteiger partial charge is 0.355 e. The highest BCUT2D eigenvalue weighted by molar-refractivity contribution is 6.37. The number of nitrogen functional groups attached to an aromatic ring is 1. The second-order valence-electron chi connectivity index (χ2n) is 4.06. The van der Waals surface area contributed by atoms with Crippen LogP contribution in [0.4, 0.5) is 5.82 Å². The number of fused-ring (bicyclic) bond motifs is 1. The first-order valence-electron chi connectivity index (χ1n) is 5.64. The number of hydrogen-bond acceptors (Lipinski definition) is 5. The largest absolute Gasteiger partial charge is 0.384 e. The zero-order valence-electron chi connectivity index (χ0n) is 10.2. The third-order valence-corrected chi connectivity index (χ3v) is 3.60. The Morgan fingerprint density at radius 3 is 2.43 bits per heavy atom. The SMILES string of the molecule is Nc1c2cnc(Cl)nc2nc(=O)n1-c1c(Cl)cccc1Cl. The fourth-order valence-electron chi connectivity index (χ4n) is 1.90. The van der Waals surface area contributed by atoms with Gasteiger partial charge in [-0.3, -0.25) is 0 Å². The van der Waals surface area contributed by atoms with Crippen LogP contribution in [0.2, 0.25) is 15.3 Å². The second kappa shape index (κ2) is 5.14. The molecule has 3 rings (SSSR count). The molecule has 0 saturated heterocycles. The lowest BCUT2D eigenvalue weighted by atomic mass is 10.3. The van der Waals surface area contributed by atoms with Gasteiger partial charge >= 0.3 is 5.69 Å². The molecule has 0 amide bonds. The highest BCUT2D eigenvalue weighted by Crippen LogP contribution is 2.30. The van der Waals surface area contributed by atoms with Crippen molar-refractivity contribution in [2.24, 2.45) is 0 Å². The fourth-order valence-corrected chi connectivity index (χ4v) is 2.60. The van der Waals surface area contributed by atoms with E-state index in [1.54, 1.807) is 18.2 Å². The van der Waals surface area contributed by atoms with Crippen molar-refractivity contribution in [3.63, 3.8) is 0 Å². The summed E-state index contributed by atoms with van der Waals surface area (Å²) < 4.78 is 1.12. The summed E-state index contributed by atoms with van der Waals surface area (Å²) in [5.41, 5.74) is 5.73. The van der Waals surface area contributed by atoms with Crippen molar-refractivity contribution in [2.75, 3.05) is 5.73 Å². The van der Waals surface area contributed by atoms with Crippen molar-refractivity contribution in [1.82, 2.24) is 19.5 Å². The van der Waals surface area contributed by atoms with Gasteiger partial charge in [0.1, 0.15) is 5.82 Å². The molecular weight excluding hydrogens is 337 g/mol. The van der Waals surface area contributed by atoms with Gasteiger partial charge in [-0.15, -0.1) is 0 Å². The van der Waals surface area contributed by atoms with E-state index in [9.17, 15) is 4.79 Å². The van der Waals surface area contributed by atoms with E-state index in [-0.39, 0.29) is 32.5 Å². The average Bonchev–Trinajstić information content (AvgIpc) is 2.41. The molecule has 0 aliphatic heterocycles. The van der Waals surface area contributed by atoms with Crippen molar-refractivity contribution in [3.8, 4) is 5.69 Å². The van der Waals surface area contributed by atoms with E-state index < -0.39 is 5.69 Å². The topological polar surface area (TPSA) is 86.7 Å². The van der Waals surface area contributed by atoms with Gasteiger partial charge in [0, 0.05) is 6.20 Å². The number of aromatic nitrogens is 4. The molecule has 106 valence electrons. The summed E-state index contributed by atoms with van der Waals surface area (Å²) in [6.07, 6.45) is 1.38. The van der Waals surface area contributed by atoms with Gasteiger partial charge in [-0.2, -0.15) is 9.97 Å². The molecule has 0 spiro atoms. The van der Waals surface area contributed by atoms with Gasteiger partial charge in [0.25, 0.3) is 0 Å². The normalized spacial score (nSPS) is 11.0. The monoisotopic (exact) mass is 341 g/mol. The molecule has 9 heteroatoms. The Morgan fingerprint density at radius 1 is 1.10 bits per heavy atom. The van der Waals surface area contributed by atoms with E-state index in [0.29, 0.717) is 5.39 Å². The van der Waals surface area contributed by atoms with Gasteiger partial charge in [-0.25, -0.2) is 14.3 Å². The van der Waals surface area contributed by atoms with Crippen molar-refractivity contribution in [1.29, 1.82) is 0 Å². The summed E-state index contributed by atoms with van der Waals surface area (Å²) in [5.74, 6) is 0.0802. The van der Waals surface area contributed by atoms with Crippen LogP contribution in [0.25, 0.3) is 16.7 Å². The molecule has 1 aromatic carbocycles. The molecule has 6 nitrogen and oxygen atoms in total. The van der Waals surface area contributed by atoms with Crippen LogP contribution in [0.15, 0.2) is 29.2 Å². The molecule has 21 heavy (non-hydrogen) atoms. The van der Waals surface area contributed by atoms with Crippen molar-refractivity contribution in [2.45, 2.75) is 0 Å². The first-order chi connectivity index (χ1) is 9.99. The number of nitrogens with zero attached hydrogens (tertiary/aromatic N) is 4. The molecule has 3 aromatic rings. The molecule has 2 N–H and O–H groups in total. The lowest BCUT2D eigenvalue weighted by molar-refractivity contribution is 0.939. The molecular formula is C12H6Cl3N5O. The van der Waals surface area contributed by atoms with Gasteiger partial charge in [0.05, 0.1) is 21.1 Å². The Kier molecular flexibility index (Phi) is 3.44. The quantitative estimate of drug-likeness (QED) is 0.687. The van der Waals surface area contributed by atoms with Crippen molar-refractivity contribution < 1.29 is 0 Å². The molecule has 2 heterocycles. The van der Waals surface area contributed by atoms with Crippen LogP contribution in [0.3, 0.4) is 0 Å². The van der Waals surface area contributed by atoms with E-state index in [1.165, 1.54) is 6.20 Å². The third kappa shape index (κ3) is 2.31. The second-order valence-corrected chi connectivity index (χ2v) is 5.21. The maximum Gasteiger partial charge on any atom is 0.355 e. The van der Waals surface area contributed by atoms with Crippen LogP contribution in [0.1, 0.15) is 0 Å². The van der Waals surface area contributed by atoms with Crippen LogP contribution >= 0.6 is 34.8 Å². The summed E-state index contributed by atoms with van der Waals surface area (Å²) >= 11 is 17.9. The Bertz CT molecular complexity index is 904. The molecule has 0 fully saturated rings. The Balaban J connectivity index is 2.44. The third-order valence-electron chi connectivity index (χ3n) is 2.81. The lowest BCUT2D eigenvalue weighted by Gasteiger charge is -2.13. The molecule has 0 atom stereocenters. The number of halogens is 3. The zero-order valence-corrected chi connectivity index (χ0v) is 12.5. The standard InChI is InChI=1S/C12H6Cl3N5O/c13-6-2-1-3-7(14)8(6)20-9(16)5-4-17-11(15)18-10(5)19-12(20)21/h1-4H,16H2. The number of benzene rings is 1. The van der Waals surface area contributed by atoms with Gasteiger partial charge < -0.3 is 5.73 Å². The summed E-state index contributed by atoms with van der Waals surface area (Å²) in [7, 11) is 0. The molecule has 0 aliphatic carbocycles. The zero-order chi connectivity index (χ0) is 15.1. The first-order valence-corrected chi connectivity index (χ1v) is 6.77. The highest BCUT2D eigenvalue weighted by atomic mass is 35.5. The highest BCUT2D eigenvalue weighted by Gasteiger charge is 2.16. The summed E-state index contributed by atoms with van der Waals surface area (Å²) in [5, 5.41) is 0.886. The fraction of sp³-hybridized carbons (Fsp3) is 0. The van der Waals surface area contributed by atoms with Gasteiger partial charge in [0.15, 0.2) is 5.65 Å². The summed E-state index contributed by atoms with van der Waals surface area (Å²) in [6.45, 7) is 0. The molecule has 0 aliphatic rings. The van der Waals surface area contributed by atoms with E-state index in [2.05, 4.69) is 15.0 Å². The predicted octanol–water partition coefficient (Wildman–Crippen LogP) is 2.72. The molecule has 0 bridgehead atoms. The Hall–Kier alpha value is -1.89. The van der Waals surface area contributed by atoms with E-state index in [1.807, 2.05) is 0 Å². The van der Waals surface area contributed by atoms with Crippen LogP contribution < -0.4 is 11.4 Å². The number of nitrogens with two attached hydrogens (primary N) is 1. The number of hydrogen-bond donors (Lipinski definition) is 1. The van der Waals surface area contributed by atoms with E-state index >= 15 is 0 Å². The number of para-hydroxylation sites is 1. The van der Waals surface area contributed by atoms with Gasteiger partial charge in [-0.05, 0) is 23.7 Å². The molecule has 0 unspecified atom stereocenters. The van der Waals surface area contributed by atoms with Crippen LogP contribution in [0, 0.1) is 0 Å². The van der Waals surface area contributed by atoms with E-state index in [4.69, 9.17) is 40.5 Å². The summed E-state index contributed by atoms with van der Waals surface area (Å²) in [4.78, 5) is 23.7. The molecule has 0 saturated carbocycles.